The SMILES string of the molecule is CCC[C@@H]1NCC[C@]1(CCC)c1cccc(OC)c1. The summed E-state index contributed by atoms with van der Waals surface area (Å²) in [7, 11) is 1.75. The fourth-order valence-corrected chi connectivity index (χ4v) is 3.67. The molecule has 0 radical (unpaired) electrons. The van der Waals surface area contributed by atoms with Crippen LogP contribution in [0.1, 0.15) is 51.5 Å². The Morgan fingerprint density at radius 3 is 2.84 bits per heavy atom. The lowest BCUT2D eigenvalue weighted by Crippen LogP contribution is -2.40. The van der Waals surface area contributed by atoms with Crippen molar-refractivity contribution in [3.05, 3.63) is 29.8 Å². The van der Waals surface area contributed by atoms with Crippen LogP contribution in [0.5, 0.6) is 5.75 Å². The maximum atomic E-state index is 5.41. The summed E-state index contributed by atoms with van der Waals surface area (Å²) in [5.74, 6) is 0.982. The first-order chi connectivity index (χ1) is 9.26. The van der Waals surface area contributed by atoms with E-state index in [2.05, 4.69) is 37.4 Å². The van der Waals surface area contributed by atoms with Gasteiger partial charge in [-0.2, -0.15) is 0 Å². The number of rotatable bonds is 6. The maximum Gasteiger partial charge on any atom is 0.119 e. The van der Waals surface area contributed by atoms with Gasteiger partial charge in [0.2, 0.25) is 0 Å². The number of hydrogen-bond donors (Lipinski definition) is 1. The summed E-state index contributed by atoms with van der Waals surface area (Å²) in [6.07, 6.45) is 6.25. The van der Waals surface area contributed by atoms with Crippen LogP contribution in [0.4, 0.5) is 0 Å². The van der Waals surface area contributed by atoms with E-state index < -0.39 is 0 Å². The van der Waals surface area contributed by atoms with E-state index in [1.54, 1.807) is 7.11 Å². The zero-order valence-corrected chi connectivity index (χ0v) is 12.5. The predicted molar refractivity (Wildman–Crippen MR) is 80.9 cm³/mol. The third kappa shape index (κ3) is 2.79. The van der Waals surface area contributed by atoms with E-state index in [-0.39, 0.29) is 0 Å². The lowest BCUT2D eigenvalue weighted by atomic mass is 9.70. The van der Waals surface area contributed by atoms with Crippen molar-refractivity contribution < 1.29 is 4.74 Å². The molecule has 1 aromatic carbocycles. The predicted octanol–water partition coefficient (Wildman–Crippen LogP) is 3.90. The molecular formula is C17H27NO. The van der Waals surface area contributed by atoms with Crippen molar-refractivity contribution in [2.75, 3.05) is 13.7 Å². The van der Waals surface area contributed by atoms with Crippen LogP contribution in [0, 0.1) is 0 Å². The number of ether oxygens (including phenoxy) is 1. The molecule has 19 heavy (non-hydrogen) atoms. The van der Waals surface area contributed by atoms with Gasteiger partial charge in [-0.05, 0) is 43.5 Å². The van der Waals surface area contributed by atoms with Gasteiger partial charge in [-0.15, -0.1) is 0 Å². The molecular weight excluding hydrogens is 234 g/mol. The summed E-state index contributed by atoms with van der Waals surface area (Å²) in [5, 5.41) is 3.73. The molecule has 0 saturated carbocycles. The first-order valence-electron chi connectivity index (χ1n) is 7.64. The molecule has 2 nitrogen and oxygen atoms in total. The molecule has 1 fully saturated rings. The van der Waals surface area contributed by atoms with Crippen LogP contribution in [0.3, 0.4) is 0 Å². The molecule has 1 N–H and O–H groups in total. The van der Waals surface area contributed by atoms with Crippen molar-refractivity contribution in [1.29, 1.82) is 0 Å². The van der Waals surface area contributed by atoms with Crippen molar-refractivity contribution in [3.63, 3.8) is 0 Å². The molecule has 0 bridgehead atoms. The van der Waals surface area contributed by atoms with Crippen LogP contribution >= 0.6 is 0 Å². The number of hydrogen-bond acceptors (Lipinski definition) is 2. The molecule has 1 heterocycles. The second-order valence-electron chi connectivity index (χ2n) is 5.68. The van der Waals surface area contributed by atoms with Crippen molar-refractivity contribution in [2.45, 2.75) is 57.4 Å². The second kappa shape index (κ2) is 6.42. The highest BCUT2D eigenvalue weighted by atomic mass is 16.5. The highest BCUT2D eigenvalue weighted by molar-refractivity contribution is 5.36. The summed E-state index contributed by atoms with van der Waals surface area (Å²) in [5.41, 5.74) is 1.76. The largest absolute Gasteiger partial charge is 0.497 e. The quantitative estimate of drug-likeness (QED) is 0.838. The van der Waals surface area contributed by atoms with Gasteiger partial charge in [0.1, 0.15) is 5.75 Å². The van der Waals surface area contributed by atoms with Crippen LogP contribution < -0.4 is 10.1 Å². The molecule has 2 atom stereocenters. The van der Waals surface area contributed by atoms with E-state index in [1.165, 1.54) is 37.7 Å². The molecule has 1 aromatic rings. The van der Waals surface area contributed by atoms with E-state index in [9.17, 15) is 0 Å². The molecule has 0 amide bonds. The lowest BCUT2D eigenvalue weighted by Gasteiger charge is -2.36. The third-order valence-electron chi connectivity index (χ3n) is 4.55. The van der Waals surface area contributed by atoms with E-state index >= 15 is 0 Å². The van der Waals surface area contributed by atoms with Crippen molar-refractivity contribution in [3.8, 4) is 5.75 Å². The fraction of sp³-hybridized carbons (Fsp3) is 0.647. The number of benzene rings is 1. The summed E-state index contributed by atoms with van der Waals surface area (Å²) in [4.78, 5) is 0. The summed E-state index contributed by atoms with van der Waals surface area (Å²) in [6, 6.07) is 9.32. The summed E-state index contributed by atoms with van der Waals surface area (Å²) >= 11 is 0. The Labute approximate surface area is 117 Å². The number of methoxy groups -OCH3 is 1. The van der Waals surface area contributed by atoms with Crippen molar-refractivity contribution in [2.24, 2.45) is 0 Å². The Hall–Kier alpha value is -1.02. The maximum absolute atomic E-state index is 5.41. The standard InChI is InChI=1S/C17H27NO/c1-4-7-16-17(10-5-2,11-12-18-16)14-8-6-9-15(13-14)19-3/h6,8-9,13,16,18H,4-5,7,10-12H2,1-3H3/t16-,17+/m0/s1. The summed E-state index contributed by atoms with van der Waals surface area (Å²) < 4.78 is 5.41. The van der Waals surface area contributed by atoms with Gasteiger partial charge in [0.05, 0.1) is 7.11 Å². The normalized spacial score (nSPS) is 26.6. The molecule has 1 aliphatic heterocycles. The van der Waals surface area contributed by atoms with E-state index in [0.717, 1.165) is 12.3 Å². The first kappa shape index (κ1) is 14.4. The fourth-order valence-electron chi connectivity index (χ4n) is 3.67. The van der Waals surface area contributed by atoms with Gasteiger partial charge in [0.25, 0.3) is 0 Å². The Balaban J connectivity index is 2.36. The van der Waals surface area contributed by atoms with Crippen molar-refractivity contribution >= 4 is 0 Å². The molecule has 2 rings (SSSR count). The van der Waals surface area contributed by atoms with E-state index in [4.69, 9.17) is 4.74 Å². The Morgan fingerprint density at radius 1 is 1.32 bits per heavy atom. The molecule has 1 saturated heterocycles. The van der Waals surface area contributed by atoms with Crippen LogP contribution in [-0.4, -0.2) is 19.7 Å². The minimum Gasteiger partial charge on any atom is -0.497 e. The minimum absolute atomic E-state index is 0.305. The van der Waals surface area contributed by atoms with Gasteiger partial charge in [0, 0.05) is 11.5 Å². The smallest absolute Gasteiger partial charge is 0.119 e. The van der Waals surface area contributed by atoms with Gasteiger partial charge >= 0.3 is 0 Å². The topological polar surface area (TPSA) is 21.3 Å². The highest BCUT2D eigenvalue weighted by Gasteiger charge is 2.42. The zero-order chi connectivity index (χ0) is 13.7. The highest BCUT2D eigenvalue weighted by Crippen LogP contribution is 2.42. The molecule has 2 heteroatoms. The van der Waals surface area contributed by atoms with Crippen LogP contribution in [0.2, 0.25) is 0 Å². The average Bonchev–Trinajstić information content (AvgIpc) is 2.84. The lowest BCUT2D eigenvalue weighted by molar-refractivity contribution is 0.320. The molecule has 0 unspecified atom stereocenters. The van der Waals surface area contributed by atoms with Gasteiger partial charge in [0.15, 0.2) is 0 Å². The molecule has 1 aliphatic rings. The Kier molecular flexibility index (Phi) is 4.87. The average molecular weight is 261 g/mol. The van der Waals surface area contributed by atoms with E-state index in [1.807, 2.05) is 6.07 Å². The van der Waals surface area contributed by atoms with E-state index in [0.29, 0.717) is 11.5 Å². The van der Waals surface area contributed by atoms with Crippen LogP contribution in [0.25, 0.3) is 0 Å². The van der Waals surface area contributed by atoms with Crippen LogP contribution in [-0.2, 0) is 5.41 Å². The van der Waals surface area contributed by atoms with Gasteiger partial charge in [-0.25, -0.2) is 0 Å². The molecule has 0 aromatic heterocycles. The monoisotopic (exact) mass is 261 g/mol. The minimum atomic E-state index is 0.305. The molecule has 0 aliphatic carbocycles. The van der Waals surface area contributed by atoms with Crippen LogP contribution in [0.15, 0.2) is 24.3 Å². The molecule has 0 spiro atoms. The number of nitrogens with one attached hydrogen (secondary N) is 1. The summed E-state index contributed by atoms with van der Waals surface area (Å²) in [6.45, 7) is 5.72. The van der Waals surface area contributed by atoms with Gasteiger partial charge in [-0.1, -0.05) is 38.8 Å². The van der Waals surface area contributed by atoms with Crippen molar-refractivity contribution in [1.82, 2.24) is 5.32 Å². The van der Waals surface area contributed by atoms with Gasteiger partial charge in [-0.3, -0.25) is 0 Å². The first-order valence-corrected chi connectivity index (χ1v) is 7.64. The Bertz CT molecular complexity index is 404. The molecule has 106 valence electrons. The van der Waals surface area contributed by atoms with Gasteiger partial charge < -0.3 is 10.1 Å². The Morgan fingerprint density at radius 2 is 2.16 bits per heavy atom. The second-order valence-corrected chi connectivity index (χ2v) is 5.68. The zero-order valence-electron chi connectivity index (χ0n) is 12.5. The third-order valence-corrected chi connectivity index (χ3v) is 4.55.